The molecule has 7 nitrogen and oxygen atoms in total. The lowest BCUT2D eigenvalue weighted by Gasteiger charge is -2.56. The Morgan fingerprint density at radius 1 is 1.24 bits per heavy atom. The summed E-state index contributed by atoms with van der Waals surface area (Å²) in [5.74, 6) is 1.05. The summed E-state index contributed by atoms with van der Waals surface area (Å²) in [4.78, 5) is 26.3. The van der Waals surface area contributed by atoms with Crippen LogP contribution in [0.1, 0.15) is 28.2 Å². The minimum Gasteiger partial charge on any atom is -0.352 e. The molecule has 0 spiro atoms. The molecule has 3 aliphatic heterocycles. The molecule has 2 bridgehead atoms. The molecule has 2 unspecified atom stereocenters. The topological polar surface area (TPSA) is 67.2 Å². The Hall–Kier alpha value is -2.09. The van der Waals surface area contributed by atoms with Gasteiger partial charge in [-0.05, 0) is 32.6 Å². The van der Waals surface area contributed by atoms with Crippen LogP contribution in [0.5, 0.6) is 0 Å². The van der Waals surface area contributed by atoms with Crippen molar-refractivity contribution < 1.29 is 4.79 Å². The smallest absolute Gasteiger partial charge is 0.274 e. The fraction of sp³-hybridized carbons (Fsp3) is 0.529. The molecule has 2 aromatic heterocycles. The van der Waals surface area contributed by atoms with E-state index in [1.165, 1.54) is 0 Å². The molecular formula is C17H22N6OS. The molecule has 2 atom stereocenters. The van der Waals surface area contributed by atoms with E-state index in [0.717, 1.165) is 41.7 Å². The minimum atomic E-state index is 0.0434. The molecule has 0 saturated carbocycles. The van der Waals surface area contributed by atoms with E-state index >= 15 is 0 Å². The van der Waals surface area contributed by atoms with Gasteiger partial charge in [0.2, 0.25) is 0 Å². The predicted octanol–water partition coefficient (Wildman–Crippen LogP) is 1.65. The first kappa shape index (κ1) is 16.4. The lowest BCUT2D eigenvalue weighted by molar-refractivity contribution is 0.00513. The molecule has 5 heterocycles. The van der Waals surface area contributed by atoms with Gasteiger partial charge in [0.15, 0.2) is 5.16 Å². The van der Waals surface area contributed by atoms with Gasteiger partial charge in [0.05, 0.1) is 12.1 Å². The van der Waals surface area contributed by atoms with Gasteiger partial charge in [0.25, 0.3) is 5.91 Å². The Morgan fingerprint density at radius 3 is 2.56 bits per heavy atom. The summed E-state index contributed by atoms with van der Waals surface area (Å²) in [7, 11) is 1.83. The van der Waals surface area contributed by atoms with Crippen molar-refractivity contribution in [3.8, 4) is 0 Å². The fourth-order valence-electron chi connectivity index (χ4n) is 3.76. The van der Waals surface area contributed by atoms with Gasteiger partial charge in [-0.15, -0.1) is 0 Å². The molecular weight excluding hydrogens is 336 g/mol. The van der Waals surface area contributed by atoms with Crippen LogP contribution in [-0.2, 0) is 7.05 Å². The molecule has 25 heavy (non-hydrogen) atoms. The molecule has 0 radical (unpaired) electrons. The number of hydrogen-bond donors (Lipinski definition) is 0. The fourth-order valence-corrected chi connectivity index (χ4v) is 4.17. The van der Waals surface area contributed by atoms with E-state index in [0.29, 0.717) is 5.69 Å². The lowest BCUT2D eigenvalue weighted by Crippen LogP contribution is -2.70. The number of carbonyl (C=O) groups is 1. The highest BCUT2D eigenvalue weighted by Crippen LogP contribution is 2.36. The number of thioether (sulfide) groups is 1. The Balaban J connectivity index is 1.54. The van der Waals surface area contributed by atoms with Crippen molar-refractivity contribution in [3.05, 3.63) is 29.2 Å². The average Bonchev–Trinajstić information content (AvgIpc) is 3.03. The molecule has 3 saturated heterocycles. The monoisotopic (exact) mass is 358 g/mol. The van der Waals surface area contributed by atoms with E-state index < -0.39 is 0 Å². The van der Waals surface area contributed by atoms with E-state index in [1.54, 1.807) is 22.5 Å². The highest BCUT2D eigenvalue weighted by atomic mass is 32.2. The third kappa shape index (κ3) is 2.68. The standard InChI is InChI=1S/C17H22N6OS/c1-10-11(2)18-17(25-4)19-15(10)22-8-12-7-13(9-22)23(12)16(24)14-5-6-21(3)20-14/h5-6,12-13H,7-9H2,1-4H3. The van der Waals surface area contributed by atoms with Gasteiger partial charge < -0.3 is 9.80 Å². The summed E-state index contributed by atoms with van der Waals surface area (Å²) in [5, 5.41) is 5.06. The molecule has 0 N–H and O–H groups in total. The summed E-state index contributed by atoms with van der Waals surface area (Å²) < 4.78 is 1.67. The Labute approximate surface area is 151 Å². The molecule has 1 amide bonds. The molecule has 3 fully saturated rings. The van der Waals surface area contributed by atoms with Gasteiger partial charge in [-0.25, -0.2) is 9.97 Å². The van der Waals surface area contributed by atoms with Crippen LogP contribution in [0.4, 0.5) is 5.82 Å². The van der Waals surface area contributed by atoms with Crippen molar-refractivity contribution in [3.63, 3.8) is 0 Å². The number of nitrogens with zero attached hydrogens (tertiary/aromatic N) is 6. The molecule has 0 aromatic carbocycles. The first-order valence-electron chi connectivity index (χ1n) is 8.44. The Kier molecular flexibility index (Phi) is 3.94. The van der Waals surface area contributed by atoms with Crippen molar-refractivity contribution in [1.29, 1.82) is 0 Å². The number of piperazine rings is 1. The van der Waals surface area contributed by atoms with Crippen LogP contribution in [0.15, 0.2) is 17.4 Å². The second-order valence-electron chi connectivity index (χ2n) is 6.78. The highest BCUT2D eigenvalue weighted by molar-refractivity contribution is 7.98. The SMILES string of the molecule is CSc1nc(C)c(C)c(N2CC3CC(C2)N3C(=O)c2ccn(C)n2)n1. The van der Waals surface area contributed by atoms with Crippen LogP contribution in [0.2, 0.25) is 0 Å². The van der Waals surface area contributed by atoms with Gasteiger partial charge in [-0.3, -0.25) is 9.48 Å². The number of hydrogen-bond acceptors (Lipinski definition) is 6. The van der Waals surface area contributed by atoms with Gasteiger partial charge in [0.1, 0.15) is 11.5 Å². The summed E-state index contributed by atoms with van der Waals surface area (Å²) in [6.07, 6.45) is 4.87. The molecule has 8 heteroatoms. The lowest BCUT2D eigenvalue weighted by atomic mass is 9.86. The third-order valence-electron chi connectivity index (χ3n) is 5.19. The number of rotatable bonds is 3. The van der Waals surface area contributed by atoms with E-state index in [1.807, 2.05) is 31.3 Å². The van der Waals surface area contributed by atoms with Crippen molar-refractivity contribution in [2.45, 2.75) is 37.5 Å². The minimum absolute atomic E-state index is 0.0434. The van der Waals surface area contributed by atoms with Crippen molar-refractivity contribution in [1.82, 2.24) is 24.6 Å². The second-order valence-corrected chi connectivity index (χ2v) is 7.55. The van der Waals surface area contributed by atoms with E-state index in [4.69, 9.17) is 4.98 Å². The Bertz CT molecular complexity index is 823. The van der Waals surface area contributed by atoms with Crippen LogP contribution in [-0.4, -0.2) is 62.0 Å². The number of fused-ring (bicyclic) bond motifs is 2. The first-order chi connectivity index (χ1) is 12.0. The zero-order valence-electron chi connectivity index (χ0n) is 14.9. The predicted molar refractivity (Wildman–Crippen MR) is 97.1 cm³/mol. The van der Waals surface area contributed by atoms with Crippen LogP contribution in [0.3, 0.4) is 0 Å². The summed E-state index contributed by atoms with van der Waals surface area (Å²) in [6.45, 7) is 5.74. The van der Waals surface area contributed by atoms with Crippen molar-refractivity contribution in [2.75, 3.05) is 24.2 Å². The molecule has 132 valence electrons. The first-order valence-corrected chi connectivity index (χ1v) is 9.67. The number of anilines is 1. The van der Waals surface area contributed by atoms with Gasteiger partial charge >= 0.3 is 0 Å². The van der Waals surface area contributed by atoms with Gasteiger partial charge in [-0.1, -0.05) is 11.8 Å². The third-order valence-corrected chi connectivity index (χ3v) is 5.73. The molecule has 3 aliphatic rings. The van der Waals surface area contributed by atoms with Crippen LogP contribution < -0.4 is 4.90 Å². The van der Waals surface area contributed by atoms with Gasteiger partial charge in [0, 0.05) is 37.6 Å². The zero-order valence-corrected chi connectivity index (χ0v) is 15.7. The normalized spacial score (nSPS) is 22.1. The molecule has 0 aliphatic carbocycles. The number of piperidine rings is 1. The number of amides is 1. The molecule has 2 aromatic rings. The van der Waals surface area contributed by atoms with Crippen molar-refractivity contribution >= 4 is 23.5 Å². The summed E-state index contributed by atoms with van der Waals surface area (Å²) in [5.41, 5.74) is 2.68. The number of aromatic nitrogens is 4. The second kappa shape index (κ2) is 6.01. The van der Waals surface area contributed by atoms with Gasteiger partial charge in [-0.2, -0.15) is 5.10 Å². The maximum atomic E-state index is 12.7. The van der Waals surface area contributed by atoms with Crippen LogP contribution in [0.25, 0.3) is 0 Å². The van der Waals surface area contributed by atoms with Crippen molar-refractivity contribution in [2.24, 2.45) is 7.05 Å². The average molecular weight is 358 g/mol. The maximum absolute atomic E-state index is 12.7. The van der Waals surface area contributed by atoms with E-state index in [-0.39, 0.29) is 18.0 Å². The maximum Gasteiger partial charge on any atom is 0.274 e. The van der Waals surface area contributed by atoms with E-state index in [9.17, 15) is 4.79 Å². The van der Waals surface area contributed by atoms with E-state index in [2.05, 4.69) is 21.9 Å². The Morgan fingerprint density at radius 2 is 1.96 bits per heavy atom. The van der Waals surface area contributed by atoms with Crippen LogP contribution >= 0.6 is 11.8 Å². The number of aryl methyl sites for hydroxylation is 2. The quantitative estimate of drug-likeness (QED) is 0.614. The van der Waals surface area contributed by atoms with Crippen LogP contribution in [0, 0.1) is 13.8 Å². The largest absolute Gasteiger partial charge is 0.352 e. The molecule has 5 rings (SSSR count). The highest BCUT2D eigenvalue weighted by Gasteiger charge is 2.48. The summed E-state index contributed by atoms with van der Waals surface area (Å²) >= 11 is 1.56. The number of carbonyl (C=O) groups excluding carboxylic acids is 1. The summed E-state index contributed by atoms with van der Waals surface area (Å²) in [6, 6.07) is 2.26. The zero-order chi connectivity index (χ0) is 17.7.